The topological polar surface area (TPSA) is 84.9 Å². The average Bonchev–Trinajstić information content (AvgIpc) is 2.89. The van der Waals surface area contributed by atoms with Gasteiger partial charge in [-0.25, -0.2) is 8.42 Å². The maximum Gasteiger partial charge on any atom is 0.573 e. The molecule has 0 aromatic heterocycles. The number of carbonyl (C=O) groups is 1. The summed E-state index contributed by atoms with van der Waals surface area (Å²) in [6.07, 6.45) is -4.85. The number of rotatable bonds is 9. The Morgan fingerprint density at radius 3 is 1.84 bits per heavy atom. The van der Waals surface area contributed by atoms with Gasteiger partial charge >= 0.3 is 6.36 Å². The van der Waals surface area contributed by atoms with Crippen LogP contribution in [0.25, 0.3) is 0 Å². The number of benzene rings is 4. The molecule has 0 bridgehead atoms. The van der Waals surface area contributed by atoms with Crippen LogP contribution >= 0.6 is 0 Å². The van der Waals surface area contributed by atoms with Crippen LogP contribution < -0.4 is 19.1 Å². The molecule has 1 amide bonds. The monoisotopic (exact) mass is 542 g/mol. The number of hydrogen-bond acceptors (Lipinski definition) is 5. The quantitative estimate of drug-likeness (QED) is 0.272. The summed E-state index contributed by atoms with van der Waals surface area (Å²) in [5, 5.41) is 2.49. The Labute approximate surface area is 217 Å². The van der Waals surface area contributed by atoms with Crippen LogP contribution in [0.3, 0.4) is 0 Å². The highest BCUT2D eigenvalue weighted by Gasteiger charge is 2.31. The van der Waals surface area contributed by atoms with E-state index in [1.54, 1.807) is 42.5 Å². The summed E-state index contributed by atoms with van der Waals surface area (Å²) < 4.78 is 74.6. The van der Waals surface area contributed by atoms with E-state index in [-0.39, 0.29) is 16.3 Å². The van der Waals surface area contributed by atoms with Crippen molar-refractivity contribution in [3.05, 3.63) is 109 Å². The lowest BCUT2D eigenvalue weighted by atomic mass is 10.3. The summed E-state index contributed by atoms with van der Waals surface area (Å²) >= 11 is 0. The SMILES string of the molecule is O=C(CN(c1ccc(Oc2ccccc2)cc1)S(=O)(=O)c1ccccc1)Nc1ccc(OC(F)(F)F)cc1. The van der Waals surface area contributed by atoms with Crippen LogP contribution in [0.1, 0.15) is 0 Å². The van der Waals surface area contributed by atoms with Crippen LogP contribution in [-0.2, 0) is 14.8 Å². The van der Waals surface area contributed by atoms with E-state index >= 15 is 0 Å². The number of amides is 1. The minimum atomic E-state index is -4.85. The van der Waals surface area contributed by atoms with Crippen molar-refractivity contribution in [2.45, 2.75) is 11.3 Å². The van der Waals surface area contributed by atoms with Crippen molar-refractivity contribution in [1.29, 1.82) is 0 Å². The van der Waals surface area contributed by atoms with Crippen molar-refractivity contribution in [3.63, 3.8) is 0 Å². The molecule has 0 saturated heterocycles. The van der Waals surface area contributed by atoms with E-state index in [1.807, 2.05) is 18.2 Å². The van der Waals surface area contributed by atoms with Crippen molar-refractivity contribution in [2.24, 2.45) is 0 Å². The molecule has 11 heteroatoms. The Hall–Kier alpha value is -4.51. The normalized spacial score (nSPS) is 11.4. The second-order valence-corrected chi connectivity index (χ2v) is 9.72. The van der Waals surface area contributed by atoms with E-state index in [0.29, 0.717) is 11.5 Å². The molecule has 4 aromatic carbocycles. The van der Waals surface area contributed by atoms with Gasteiger partial charge in [-0.2, -0.15) is 0 Å². The number of nitrogens with one attached hydrogen (secondary N) is 1. The highest BCUT2D eigenvalue weighted by atomic mass is 32.2. The Balaban J connectivity index is 1.55. The molecule has 1 N–H and O–H groups in total. The van der Waals surface area contributed by atoms with Gasteiger partial charge in [0.15, 0.2) is 0 Å². The minimum Gasteiger partial charge on any atom is -0.457 e. The minimum absolute atomic E-state index is 0.0222. The maximum atomic E-state index is 13.5. The Morgan fingerprint density at radius 1 is 0.737 bits per heavy atom. The van der Waals surface area contributed by atoms with Gasteiger partial charge in [-0.1, -0.05) is 36.4 Å². The molecule has 4 aromatic rings. The number of nitrogens with zero attached hydrogens (tertiary/aromatic N) is 1. The molecule has 38 heavy (non-hydrogen) atoms. The van der Waals surface area contributed by atoms with Crippen molar-refractivity contribution in [2.75, 3.05) is 16.2 Å². The second-order valence-electron chi connectivity index (χ2n) is 7.85. The summed E-state index contributed by atoms with van der Waals surface area (Å²) in [5.74, 6) is -0.108. The van der Waals surface area contributed by atoms with Crippen LogP contribution in [0.15, 0.2) is 114 Å². The zero-order chi connectivity index (χ0) is 27.2. The molecule has 0 aliphatic rings. The Bertz CT molecular complexity index is 1460. The molecule has 0 fully saturated rings. The third-order valence-corrected chi connectivity index (χ3v) is 6.88. The third-order valence-electron chi connectivity index (χ3n) is 5.09. The lowest BCUT2D eigenvalue weighted by Gasteiger charge is -2.24. The van der Waals surface area contributed by atoms with Gasteiger partial charge in [0, 0.05) is 5.69 Å². The zero-order valence-electron chi connectivity index (χ0n) is 19.6. The Morgan fingerprint density at radius 2 is 1.26 bits per heavy atom. The van der Waals surface area contributed by atoms with Gasteiger partial charge in [-0.3, -0.25) is 9.10 Å². The van der Waals surface area contributed by atoms with E-state index in [9.17, 15) is 26.4 Å². The van der Waals surface area contributed by atoms with Gasteiger partial charge in [0.2, 0.25) is 5.91 Å². The average molecular weight is 543 g/mol. The van der Waals surface area contributed by atoms with Crippen LogP contribution in [-0.4, -0.2) is 27.2 Å². The van der Waals surface area contributed by atoms with Crippen molar-refractivity contribution >= 4 is 27.3 Å². The first kappa shape index (κ1) is 26.6. The molecule has 0 saturated carbocycles. The lowest BCUT2D eigenvalue weighted by molar-refractivity contribution is -0.274. The molecule has 7 nitrogen and oxygen atoms in total. The molecule has 0 aliphatic heterocycles. The van der Waals surface area contributed by atoms with E-state index in [0.717, 1.165) is 16.4 Å². The van der Waals surface area contributed by atoms with Crippen molar-refractivity contribution < 1.29 is 35.9 Å². The van der Waals surface area contributed by atoms with E-state index in [4.69, 9.17) is 4.74 Å². The fourth-order valence-corrected chi connectivity index (χ4v) is 4.85. The molecule has 0 atom stereocenters. The van der Waals surface area contributed by atoms with Crippen LogP contribution in [0.2, 0.25) is 0 Å². The number of alkyl halides is 3. The Kier molecular flexibility index (Phi) is 7.87. The van der Waals surface area contributed by atoms with Crippen LogP contribution in [0.4, 0.5) is 24.5 Å². The lowest BCUT2D eigenvalue weighted by Crippen LogP contribution is -2.38. The van der Waals surface area contributed by atoms with Crippen molar-refractivity contribution in [3.8, 4) is 17.2 Å². The van der Waals surface area contributed by atoms with Gasteiger partial charge in [0.25, 0.3) is 10.0 Å². The third kappa shape index (κ3) is 7.04. The fraction of sp³-hybridized carbons (Fsp3) is 0.0741. The molecular formula is C27H21F3N2O5S. The van der Waals surface area contributed by atoms with Gasteiger partial charge < -0.3 is 14.8 Å². The smallest absolute Gasteiger partial charge is 0.457 e. The largest absolute Gasteiger partial charge is 0.573 e. The predicted octanol–water partition coefficient (Wildman–Crippen LogP) is 6.21. The number of anilines is 2. The molecule has 4 rings (SSSR count). The highest BCUT2D eigenvalue weighted by Crippen LogP contribution is 2.28. The van der Waals surface area contributed by atoms with Crippen molar-refractivity contribution in [1.82, 2.24) is 0 Å². The first-order valence-corrected chi connectivity index (χ1v) is 12.6. The molecule has 196 valence electrons. The second kappa shape index (κ2) is 11.3. The van der Waals surface area contributed by atoms with E-state index < -0.39 is 34.6 Å². The van der Waals surface area contributed by atoms with E-state index in [1.165, 1.54) is 36.4 Å². The summed E-state index contributed by atoms with van der Waals surface area (Å²) in [5.41, 5.74) is 0.367. The molecule has 0 spiro atoms. The molecule has 0 aliphatic carbocycles. The summed E-state index contributed by atoms with van der Waals surface area (Å²) in [7, 11) is -4.15. The first-order chi connectivity index (χ1) is 18.1. The van der Waals surface area contributed by atoms with Crippen LogP contribution in [0, 0.1) is 0 Å². The number of sulfonamides is 1. The van der Waals surface area contributed by atoms with Crippen LogP contribution in [0.5, 0.6) is 17.2 Å². The zero-order valence-corrected chi connectivity index (χ0v) is 20.4. The first-order valence-electron chi connectivity index (χ1n) is 11.2. The number of carbonyl (C=O) groups excluding carboxylic acids is 1. The van der Waals surface area contributed by atoms with Gasteiger partial charge in [0.1, 0.15) is 23.8 Å². The molecule has 0 radical (unpaired) electrons. The summed E-state index contributed by atoms with van der Waals surface area (Å²) in [6.45, 7) is -0.600. The summed E-state index contributed by atoms with van der Waals surface area (Å²) in [6, 6.07) is 27.3. The standard InChI is InChI=1S/C27H21F3N2O5S/c28-27(29,30)37-24-15-11-20(12-16-24)31-26(33)19-32(38(34,35)25-9-5-2-6-10-25)21-13-17-23(18-14-21)36-22-7-3-1-4-8-22/h1-18H,19H2,(H,31,33). The van der Waals surface area contributed by atoms with Gasteiger partial charge in [-0.15, -0.1) is 13.2 Å². The highest BCUT2D eigenvalue weighted by molar-refractivity contribution is 7.92. The number of hydrogen-bond donors (Lipinski definition) is 1. The number of halogens is 3. The maximum absolute atomic E-state index is 13.5. The number of ether oxygens (including phenoxy) is 2. The summed E-state index contributed by atoms with van der Waals surface area (Å²) in [4.78, 5) is 12.8. The molecular weight excluding hydrogens is 521 g/mol. The van der Waals surface area contributed by atoms with Gasteiger partial charge in [-0.05, 0) is 72.8 Å². The molecule has 0 unspecified atom stereocenters. The molecule has 0 heterocycles. The fourth-order valence-electron chi connectivity index (χ4n) is 3.41. The van der Waals surface area contributed by atoms with E-state index in [2.05, 4.69) is 10.1 Å². The number of para-hydroxylation sites is 1. The predicted molar refractivity (Wildman–Crippen MR) is 136 cm³/mol. The van der Waals surface area contributed by atoms with Gasteiger partial charge in [0.05, 0.1) is 10.6 Å².